The quantitative estimate of drug-likeness (QED) is 0.857. The zero-order valence-corrected chi connectivity index (χ0v) is 15.2. The first-order valence-electron chi connectivity index (χ1n) is 8.92. The van der Waals surface area contributed by atoms with Crippen LogP contribution in [0.25, 0.3) is 0 Å². The van der Waals surface area contributed by atoms with Gasteiger partial charge in [0.2, 0.25) is 11.8 Å². The summed E-state index contributed by atoms with van der Waals surface area (Å²) in [6.07, 6.45) is 1.94. The molecule has 2 unspecified atom stereocenters. The first-order chi connectivity index (χ1) is 11.8. The molecule has 2 atom stereocenters. The Morgan fingerprint density at radius 3 is 2.80 bits per heavy atom. The van der Waals surface area contributed by atoms with Crippen LogP contribution < -0.4 is 16.0 Å². The number of hydrogen-bond acceptors (Lipinski definition) is 4. The Bertz CT molecular complexity index is 688. The van der Waals surface area contributed by atoms with Gasteiger partial charge in [0.1, 0.15) is 5.54 Å². The number of nitrogens with zero attached hydrogens (tertiary/aromatic N) is 1. The molecule has 0 bridgehead atoms. The minimum atomic E-state index is -0.966. The van der Waals surface area contributed by atoms with Crippen LogP contribution in [0, 0.1) is 5.41 Å². The minimum Gasteiger partial charge on any atom is -0.378 e. The maximum atomic E-state index is 12.8. The Balaban J connectivity index is 1.72. The normalized spacial score (nSPS) is 27.9. The number of ether oxygens (including phenoxy) is 1. The van der Waals surface area contributed by atoms with Crippen LogP contribution in [0.2, 0.25) is 0 Å². The van der Waals surface area contributed by atoms with Gasteiger partial charge in [0.05, 0.1) is 6.10 Å². The molecule has 1 aliphatic heterocycles. The van der Waals surface area contributed by atoms with Crippen molar-refractivity contribution in [3.8, 4) is 0 Å². The Labute approximate surface area is 148 Å². The molecule has 136 valence electrons. The highest BCUT2D eigenvalue weighted by Gasteiger charge is 2.62. The van der Waals surface area contributed by atoms with E-state index in [2.05, 4.69) is 5.32 Å². The summed E-state index contributed by atoms with van der Waals surface area (Å²) < 4.78 is 5.68. The number of hydrogen-bond donors (Lipinski definition) is 2. The second kappa shape index (κ2) is 6.42. The van der Waals surface area contributed by atoms with Crippen LogP contribution in [-0.2, 0) is 14.3 Å². The molecule has 1 heterocycles. The molecule has 1 aliphatic carbocycles. The highest BCUT2D eigenvalue weighted by molar-refractivity contribution is 6.01. The summed E-state index contributed by atoms with van der Waals surface area (Å²) in [6.45, 7) is 7.21. The van der Waals surface area contributed by atoms with Crippen LogP contribution in [0.5, 0.6) is 0 Å². The van der Waals surface area contributed by atoms with Gasteiger partial charge in [-0.3, -0.25) is 9.59 Å². The van der Waals surface area contributed by atoms with Crippen molar-refractivity contribution in [1.82, 2.24) is 0 Å². The maximum absolute atomic E-state index is 12.8. The standard InChI is InChI=1S/C19H27N3O3/c1-4-25-15-12-19(20,18(15,2)3)17(24)21-13-7-5-8-14(11-13)22-10-6-9-16(22)23/h5,7-8,11,15H,4,6,9-10,12,20H2,1-3H3,(H,21,24). The van der Waals surface area contributed by atoms with E-state index in [0.717, 1.165) is 18.7 Å². The van der Waals surface area contributed by atoms with Crippen molar-refractivity contribution < 1.29 is 14.3 Å². The fraction of sp³-hybridized carbons (Fsp3) is 0.579. The van der Waals surface area contributed by atoms with E-state index in [4.69, 9.17) is 10.5 Å². The average Bonchev–Trinajstić information content (AvgIpc) is 3.00. The minimum absolute atomic E-state index is 0.0122. The fourth-order valence-electron chi connectivity index (χ4n) is 3.74. The molecule has 1 saturated carbocycles. The molecule has 0 spiro atoms. The molecule has 25 heavy (non-hydrogen) atoms. The first-order valence-corrected chi connectivity index (χ1v) is 8.92. The molecular formula is C19H27N3O3. The van der Waals surface area contributed by atoms with Gasteiger partial charge >= 0.3 is 0 Å². The third-order valence-corrected chi connectivity index (χ3v) is 5.72. The van der Waals surface area contributed by atoms with E-state index >= 15 is 0 Å². The number of nitrogens with two attached hydrogens (primary N) is 1. The molecule has 3 rings (SSSR count). The van der Waals surface area contributed by atoms with Gasteiger partial charge in [-0.25, -0.2) is 0 Å². The Kier molecular flexibility index (Phi) is 4.60. The summed E-state index contributed by atoms with van der Waals surface area (Å²) in [4.78, 5) is 26.5. The molecular weight excluding hydrogens is 318 g/mol. The van der Waals surface area contributed by atoms with E-state index in [-0.39, 0.29) is 17.9 Å². The molecule has 1 aromatic carbocycles. The van der Waals surface area contributed by atoms with E-state index in [1.54, 1.807) is 4.90 Å². The van der Waals surface area contributed by atoms with Gasteiger partial charge in [0.15, 0.2) is 0 Å². The summed E-state index contributed by atoms with van der Waals surface area (Å²) in [5.74, 6) is -0.0863. The molecule has 0 radical (unpaired) electrons. The van der Waals surface area contributed by atoms with Crippen molar-refractivity contribution in [2.75, 3.05) is 23.4 Å². The van der Waals surface area contributed by atoms with Crippen LogP contribution >= 0.6 is 0 Å². The summed E-state index contributed by atoms with van der Waals surface area (Å²) in [6, 6.07) is 7.37. The van der Waals surface area contributed by atoms with E-state index in [9.17, 15) is 9.59 Å². The van der Waals surface area contributed by atoms with Crippen LogP contribution in [0.15, 0.2) is 24.3 Å². The van der Waals surface area contributed by atoms with Gasteiger partial charge in [0.25, 0.3) is 0 Å². The number of nitrogens with one attached hydrogen (secondary N) is 1. The lowest BCUT2D eigenvalue weighted by Gasteiger charge is -2.57. The van der Waals surface area contributed by atoms with Crippen molar-refractivity contribution in [3.63, 3.8) is 0 Å². The van der Waals surface area contributed by atoms with Gasteiger partial charge in [-0.05, 0) is 31.5 Å². The lowest BCUT2D eigenvalue weighted by Crippen LogP contribution is -2.74. The molecule has 2 aliphatic rings. The van der Waals surface area contributed by atoms with Crippen molar-refractivity contribution in [2.45, 2.75) is 51.7 Å². The zero-order chi connectivity index (χ0) is 18.2. The zero-order valence-electron chi connectivity index (χ0n) is 15.2. The number of anilines is 2. The molecule has 1 aromatic rings. The van der Waals surface area contributed by atoms with Gasteiger partial charge in [-0.2, -0.15) is 0 Å². The Hall–Kier alpha value is -1.92. The summed E-state index contributed by atoms with van der Waals surface area (Å²) in [7, 11) is 0. The lowest BCUT2D eigenvalue weighted by molar-refractivity contribution is -0.166. The highest BCUT2D eigenvalue weighted by atomic mass is 16.5. The van der Waals surface area contributed by atoms with Crippen molar-refractivity contribution >= 4 is 23.2 Å². The summed E-state index contributed by atoms with van der Waals surface area (Å²) in [5, 5.41) is 2.92. The predicted molar refractivity (Wildman–Crippen MR) is 97.4 cm³/mol. The van der Waals surface area contributed by atoms with E-state index in [1.807, 2.05) is 45.0 Å². The molecule has 2 amide bonds. The molecule has 3 N–H and O–H groups in total. The van der Waals surface area contributed by atoms with Crippen LogP contribution in [-0.4, -0.2) is 36.6 Å². The Morgan fingerprint density at radius 2 is 2.20 bits per heavy atom. The van der Waals surface area contributed by atoms with E-state index < -0.39 is 11.0 Å². The number of amides is 2. The first kappa shape index (κ1) is 17.9. The van der Waals surface area contributed by atoms with E-state index in [1.165, 1.54) is 0 Å². The monoisotopic (exact) mass is 345 g/mol. The SMILES string of the molecule is CCOC1CC(N)(C(=O)Nc2cccc(N3CCCC3=O)c2)C1(C)C. The number of carbonyl (C=O) groups is 2. The second-order valence-corrected chi connectivity index (χ2v) is 7.49. The van der Waals surface area contributed by atoms with Crippen molar-refractivity contribution in [2.24, 2.45) is 11.1 Å². The predicted octanol–water partition coefficient (Wildman–Crippen LogP) is 2.28. The molecule has 1 saturated heterocycles. The third-order valence-electron chi connectivity index (χ3n) is 5.72. The fourth-order valence-corrected chi connectivity index (χ4v) is 3.74. The van der Waals surface area contributed by atoms with Crippen LogP contribution in [0.3, 0.4) is 0 Å². The van der Waals surface area contributed by atoms with Gasteiger partial charge in [-0.1, -0.05) is 19.9 Å². The molecule has 6 nitrogen and oxygen atoms in total. The Morgan fingerprint density at radius 1 is 1.44 bits per heavy atom. The lowest BCUT2D eigenvalue weighted by atomic mass is 9.54. The maximum Gasteiger partial charge on any atom is 0.245 e. The summed E-state index contributed by atoms with van der Waals surface area (Å²) >= 11 is 0. The van der Waals surface area contributed by atoms with E-state index in [0.29, 0.717) is 25.1 Å². The van der Waals surface area contributed by atoms with Gasteiger partial charge < -0.3 is 20.7 Å². The molecule has 2 fully saturated rings. The van der Waals surface area contributed by atoms with Crippen LogP contribution in [0.1, 0.15) is 40.0 Å². The van der Waals surface area contributed by atoms with Gasteiger partial charge in [-0.15, -0.1) is 0 Å². The number of benzene rings is 1. The highest BCUT2D eigenvalue weighted by Crippen LogP contribution is 2.50. The van der Waals surface area contributed by atoms with Crippen molar-refractivity contribution in [1.29, 1.82) is 0 Å². The topological polar surface area (TPSA) is 84.7 Å². The van der Waals surface area contributed by atoms with Gasteiger partial charge in [0, 0.05) is 42.8 Å². The van der Waals surface area contributed by atoms with Crippen molar-refractivity contribution in [3.05, 3.63) is 24.3 Å². The summed E-state index contributed by atoms with van der Waals surface area (Å²) in [5.41, 5.74) is 6.48. The molecule has 6 heteroatoms. The largest absolute Gasteiger partial charge is 0.378 e. The smallest absolute Gasteiger partial charge is 0.245 e. The third kappa shape index (κ3) is 2.93. The second-order valence-electron chi connectivity index (χ2n) is 7.49. The number of carbonyl (C=O) groups excluding carboxylic acids is 2. The number of rotatable bonds is 5. The average molecular weight is 345 g/mol. The molecule has 0 aromatic heterocycles. The van der Waals surface area contributed by atoms with Crippen LogP contribution in [0.4, 0.5) is 11.4 Å².